The van der Waals surface area contributed by atoms with Gasteiger partial charge in [-0.2, -0.15) is 0 Å². The molecule has 1 N–H and O–H groups in total. The highest BCUT2D eigenvalue weighted by Gasteiger charge is 2.14. The molecular formula is C17H15N3O3S. The van der Waals surface area contributed by atoms with Crippen LogP contribution in [0.2, 0.25) is 0 Å². The van der Waals surface area contributed by atoms with Gasteiger partial charge in [-0.15, -0.1) is 5.10 Å². The van der Waals surface area contributed by atoms with Gasteiger partial charge in [-0.05, 0) is 30.3 Å². The van der Waals surface area contributed by atoms with Crippen LogP contribution in [0.3, 0.4) is 0 Å². The summed E-state index contributed by atoms with van der Waals surface area (Å²) in [5, 5.41) is 4.24. The number of rotatable bonds is 2. The molecule has 1 aliphatic heterocycles. The van der Waals surface area contributed by atoms with E-state index in [-0.39, 0.29) is 5.91 Å². The lowest BCUT2D eigenvalue weighted by atomic mass is 10.2. The summed E-state index contributed by atoms with van der Waals surface area (Å²) in [6, 6.07) is 13.1. The van der Waals surface area contributed by atoms with E-state index in [1.54, 1.807) is 18.2 Å². The lowest BCUT2D eigenvalue weighted by Gasteiger charge is -2.18. The standard InChI is InChI=1S/C17H15N3O3S/c1-20-12-4-2-3-5-15(12)24-17(20)19-18-16(21)11-6-7-13-14(10-11)23-9-8-22-13/h2-7,10H,8-9H2,1H3,(H,18,21)/b19-17-. The molecule has 0 spiro atoms. The maximum absolute atomic E-state index is 12.3. The molecule has 122 valence electrons. The fraction of sp³-hybridized carbons (Fsp3) is 0.176. The van der Waals surface area contributed by atoms with Gasteiger partial charge in [0.15, 0.2) is 11.5 Å². The third-order valence-corrected chi connectivity index (χ3v) is 4.89. The average molecular weight is 341 g/mol. The number of benzene rings is 2. The second-order valence-corrected chi connectivity index (χ2v) is 6.33. The largest absolute Gasteiger partial charge is 0.486 e. The Labute approximate surface area is 141 Å². The van der Waals surface area contributed by atoms with Crippen LogP contribution >= 0.6 is 11.3 Å². The van der Waals surface area contributed by atoms with E-state index in [1.807, 2.05) is 35.9 Å². The normalized spacial score (nSPS) is 14.0. The predicted molar refractivity (Wildman–Crippen MR) is 91.3 cm³/mol. The van der Waals surface area contributed by atoms with Crippen molar-refractivity contribution in [2.75, 3.05) is 13.2 Å². The van der Waals surface area contributed by atoms with E-state index < -0.39 is 0 Å². The van der Waals surface area contributed by atoms with Gasteiger partial charge in [-0.3, -0.25) is 4.79 Å². The van der Waals surface area contributed by atoms with E-state index in [4.69, 9.17) is 9.47 Å². The Hall–Kier alpha value is -2.80. The first-order valence-electron chi connectivity index (χ1n) is 7.50. The number of nitrogens with zero attached hydrogens (tertiary/aromatic N) is 2. The van der Waals surface area contributed by atoms with E-state index >= 15 is 0 Å². The van der Waals surface area contributed by atoms with E-state index in [1.165, 1.54) is 11.3 Å². The van der Waals surface area contributed by atoms with Gasteiger partial charge in [0.1, 0.15) is 13.2 Å². The van der Waals surface area contributed by atoms with Crippen molar-refractivity contribution in [2.24, 2.45) is 12.1 Å². The molecule has 3 aromatic rings. The molecule has 0 aliphatic carbocycles. The SMILES string of the molecule is Cn1/c(=N/NC(=O)c2ccc3c(c2)OCCO3)sc2ccccc21. The van der Waals surface area contributed by atoms with Crippen molar-refractivity contribution >= 4 is 27.5 Å². The third kappa shape index (κ3) is 2.63. The molecule has 4 rings (SSSR count). The zero-order chi connectivity index (χ0) is 16.5. The van der Waals surface area contributed by atoms with Crippen molar-refractivity contribution in [1.29, 1.82) is 0 Å². The van der Waals surface area contributed by atoms with Crippen LogP contribution in [-0.2, 0) is 7.05 Å². The first-order valence-corrected chi connectivity index (χ1v) is 8.32. The molecule has 0 saturated carbocycles. The second-order valence-electron chi connectivity index (χ2n) is 5.32. The van der Waals surface area contributed by atoms with Crippen molar-refractivity contribution in [2.45, 2.75) is 0 Å². The van der Waals surface area contributed by atoms with Gasteiger partial charge in [0.05, 0.1) is 10.2 Å². The number of ether oxygens (including phenoxy) is 2. The highest BCUT2D eigenvalue weighted by molar-refractivity contribution is 7.16. The van der Waals surface area contributed by atoms with E-state index in [0.29, 0.717) is 30.3 Å². The Bertz CT molecular complexity index is 990. The number of carbonyl (C=O) groups is 1. The number of aromatic nitrogens is 1. The van der Waals surface area contributed by atoms with Gasteiger partial charge in [0, 0.05) is 12.6 Å². The molecule has 0 saturated heterocycles. The number of amides is 1. The number of hydrogen-bond donors (Lipinski definition) is 1. The molecule has 0 fully saturated rings. The number of hydrogen-bond acceptors (Lipinski definition) is 5. The van der Waals surface area contributed by atoms with Crippen LogP contribution in [0.5, 0.6) is 11.5 Å². The highest BCUT2D eigenvalue weighted by atomic mass is 32.1. The summed E-state index contributed by atoms with van der Waals surface area (Å²) in [5.41, 5.74) is 4.16. The molecule has 24 heavy (non-hydrogen) atoms. The molecule has 1 aromatic heterocycles. The fourth-order valence-corrected chi connectivity index (χ4v) is 3.52. The molecule has 2 aromatic carbocycles. The summed E-state index contributed by atoms with van der Waals surface area (Å²) >= 11 is 1.52. The van der Waals surface area contributed by atoms with E-state index in [2.05, 4.69) is 10.5 Å². The van der Waals surface area contributed by atoms with Crippen molar-refractivity contribution in [3.63, 3.8) is 0 Å². The number of carbonyl (C=O) groups excluding carboxylic acids is 1. The molecule has 2 heterocycles. The van der Waals surface area contributed by atoms with Gasteiger partial charge >= 0.3 is 0 Å². The van der Waals surface area contributed by atoms with Gasteiger partial charge < -0.3 is 14.0 Å². The van der Waals surface area contributed by atoms with Crippen LogP contribution < -0.4 is 19.7 Å². The van der Waals surface area contributed by atoms with Gasteiger partial charge in [-0.1, -0.05) is 23.5 Å². The van der Waals surface area contributed by atoms with E-state index in [0.717, 1.165) is 15.0 Å². The second kappa shape index (κ2) is 6.01. The maximum Gasteiger partial charge on any atom is 0.271 e. The number of nitrogens with one attached hydrogen (secondary N) is 1. The minimum Gasteiger partial charge on any atom is -0.486 e. The lowest BCUT2D eigenvalue weighted by Crippen LogP contribution is -2.23. The zero-order valence-electron chi connectivity index (χ0n) is 13.0. The molecule has 0 unspecified atom stereocenters. The Morgan fingerprint density at radius 3 is 2.79 bits per heavy atom. The number of para-hydroxylation sites is 1. The Balaban J connectivity index is 1.60. The van der Waals surface area contributed by atoms with Gasteiger partial charge in [0.2, 0.25) is 4.80 Å². The van der Waals surface area contributed by atoms with Crippen LogP contribution in [0.4, 0.5) is 0 Å². The summed E-state index contributed by atoms with van der Waals surface area (Å²) in [7, 11) is 1.92. The Kier molecular flexibility index (Phi) is 3.70. The van der Waals surface area contributed by atoms with Crippen LogP contribution in [0, 0.1) is 0 Å². The molecule has 6 nitrogen and oxygen atoms in total. The molecule has 7 heteroatoms. The quantitative estimate of drug-likeness (QED) is 0.727. The first-order chi connectivity index (χ1) is 11.7. The monoisotopic (exact) mass is 341 g/mol. The van der Waals surface area contributed by atoms with Crippen LogP contribution in [0.25, 0.3) is 10.2 Å². The van der Waals surface area contributed by atoms with Crippen molar-refractivity contribution in [3.8, 4) is 11.5 Å². The molecule has 1 aliphatic rings. The average Bonchev–Trinajstić information content (AvgIpc) is 2.95. The zero-order valence-corrected chi connectivity index (χ0v) is 13.8. The van der Waals surface area contributed by atoms with Gasteiger partial charge in [-0.25, -0.2) is 5.43 Å². The van der Waals surface area contributed by atoms with Gasteiger partial charge in [0.25, 0.3) is 5.91 Å². The van der Waals surface area contributed by atoms with Crippen molar-refractivity contribution in [1.82, 2.24) is 9.99 Å². The minimum absolute atomic E-state index is 0.288. The first kappa shape index (κ1) is 14.8. The summed E-state index contributed by atoms with van der Waals surface area (Å²) in [6.07, 6.45) is 0. The predicted octanol–water partition coefficient (Wildman–Crippen LogP) is 2.26. The smallest absolute Gasteiger partial charge is 0.271 e. The molecule has 1 amide bonds. The number of fused-ring (bicyclic) bond motifs is 2. The molecule has 0 atom stereocenters. The van der Waals surface area contributed by atoms with Crippen molar-refractivity contribution in [3.05, 3.63) is 52.8 Å². The van der Waals surface area contributed by atoms with Crippen molar-refractivity contribution < 1.29 is 14.3 Å². The summed E-state index contributed by atoms with van der Waals surface area (Å²) in [5.74, 6) is 0.955. The van der Waals surface area contributed by atoms with E-state index in [9.17, 15) is 4.79 Å². The lowest BCUT2D eigenvalue weighted by molar-refractivity contribution is 0.0951. The summed E-state index contributed by atoms with van der Waals surface area (Å²) in [4.78, 5) is 13.0. The van der Waals surface area contributed by atoms with Crippen LogP contribution in [0.15, 0.2) is 47.6 Å². The van der Waals surface area contributed by atoms with Crippen LogP contribution in [-0.4, -0.2) is 23.7 Å². The number of aryl methyl sites for hydroxylation is 1. The summed E-state index contributed by atoms with van der Waals surface area (Å²) in [6.45, 7) is 1.01. The number of thiazole rings is 1. The Morgan fingerprint density at radius 1 is 1.17 bits per heavy atom. The van der Waals surface area contributed by atoms with Crippen LogP contribution in [0.1, 0.15) is 10.4 Å². The minimum atomic E-state index is -0.288. The maximum atomic E-state index is 12.3. The highest BCUT2D eigenvalue weighted by Crippen LogP contribution is 2.30. The summed E-state index contributed by atoms with van der Waals surface area (Å²) < 4.78 is 14.0. The molecular weight excluding hydrogens is 326 g/mol. The topological polar surface area (TPSA) is 64.9 Å². The fourth-order valence-electron chi connectivity index (χ4n) is 2.54. The Morgan fingerprint density at radius 2 is 1.96 bits per heavy atom. The third-order valence-electron chi connectivity index (χ3n) is 3.77. The molecule has 0 radical (unpaired) electrons. The molecule has 0 bridgehead atoms.